The zero-order valence-corrected chi connectivity index (χ0v) is 11.0. The van der Waals surface area contributed by atoms with Crippen molar-refractivity contribution < 1.29 is 22.8 Å². The Morgan fingerprint density at radius 1 is 1.25 bits per heavy atom. The van der Waals surface area contributed by atoms with E-state index < -0.39 is 23.4 Å². The highest BCUT2D eigenvalue weighted by Crippen LogP contribution is 2.24. The van der Waals surface area contributed by atoms with Crippen LogP contribution in [0.2, 0.25) is 0 Å². The summed E-state index contributed by atoms with van der Waals surface area (Å²) in [7, 11) is 0. The van der Waals surface area contributed by atoms with E-state index >= 15 is 0 Å². The maximum atomic E-state index is 13.2. The number of nitrogens with zero attached hydrogens (tertiary/aromatic N) is 1. The fourth-order valence-electron chi connectivity index (χ4n) is 2.49. The Kier molecular flexibility index (Phi) is 4.11. The smallest absolute Gasteiger partial charge is 0.254 e. The van der Waals surface area contributed by atoms with E-state index in [9.17, 15) is 22.8 Å². The molecule has 0 N–H and O–H groups in total. The average Bonchev–Trinajstić information content (AvgIpc) is 2.81. The molecule has 0 radical (unpaired) electrons. The minimum absolute atomic E-state index is 0.0498. The summed E-state index contributed by atoms with van der Waals surface area (Å²) in [5.41, 5.74) is -0.239. The molecule has 1 amide bonds. The first kappa shape index (κ1) is 14.6. The van der Waals surface area contributed by atoms with E-state index in [0.29, 0.717) is 25.1 Å². The summed E-state index contributed by atoms with van der Waals surface area (Å²) < 4.78 is 39.2. The van der Waals surface area contributed by atoms with Crippen LogP contribution in [0.4, 0.5) is 13.2 Å². The topological polar surface area (TPSA) is 37.4 Å². The molecule has 1 atom stereocenters. The predicted octanol–water partition coefficient (Wildman–Crippen LogP) is 2.69. The number of hydrogen-bond donors (Lipinski definition) is 0. The van der Waals surface area contributed by atoms with Crippen LogP contribution < -0.4 is 0 Å². The lowest BCUT2D eigenvalue weighted by Crippen LogP contribution is -2.36. The van der Waals surface area contributed by atoms with Gasteiger partial charge in [-0.25, -0.2) is 13.2 Å². The molecule has 1 aliphatic heterocycles. The number of carbonyl (C=O) groups is 2. The molecule has 6 heteroatoms. The summed E-state index contributed by atoms with van der Waals surface area (Å²) in [5, 5.41) is 0. The van der Waals surface area contributed by atoms with Crippen LogP contribution in [-0.4, -0.2) is 29.2 Å². The van der Waals surface area contributed by atoms with Crippen molar-refractivity contribution in [2.45, 2.75) is 32.2 Å². The van der Waals surface area contributed by atoms with Crippen LogP contribution in [0.15, 0.2) is 12.1 Å². The van der Waals surface area contributed by atoms with Gasteiger partial charge >= 0.3 is 0 Å². The number of benzene rings is 1. The third-order valence-electron chi connectivity index (χ3n) is 3.39. The molecule has 1 heterocycles. The molecule has 0 bridgehead atoms. The van der Waals surface area contributed by atoms with Crippen molar-refractivity contribution in [3.8, 4) is 0 Å². The first-order valence-corrected chi connectivity index (χ1v) is 6.35. The van der Waals surface area contributed by atoms with Crippen molar-refractivity contribution in [2.24, 2.45) is 0 Å². The van der Waals surface area contributed by atoms with Crippen molar-refractivity contribution in [2.75, 3.05) is 6.54 Å². The van der Waals surface area contributed by atoms with Gasteiger partial charge in [0.15, 0.2) is 17.5 Å². The molecule has 0 spiro atoms. The minimum atomic E-state index is -1.59. The lowest BCUT2D eigenvalue weighted by atomic mass is 10.1. The van der Waals surface area contributed by atoms with Crippen LogP contribution >= 0.6 is 0 Å². The summed E-state index contributed by atoms with van der Waals surface area (Å²) in [6, 6.07) is 1.12. The number of carbonyl (C=O) groups excluding carboxylic acids is 2. The Bertz CT molecular complexity index is 536. The molecule has 0 aromatic heterocycles. The highest BCUT2D eigenvalue weighted by molar-refractivity contribution is 5.95. The summed E-state index contributed by atoms with van der Waals surface area (Å²) >= 11 is 0. The molecule has 2 rings (SSSR count). The third-order valence-corrected chi connectivity index (χ3v) is 3.39. The van der Waals surface area contributed by atoms with Crippen molar-refractivity contribution in [1.29, 1.82) is 0 Å². The maximum absolute atomic E-state index is 13.2. The molecule has 1 fully saturated rings. The zero-order valence-electron chi connectivity index (χ0n) is 11.0. The quantitative estimate of drug-likeness (QED) is 0.801. The van der Waals surface area contributed by atoms with Crippen LogP contribution in [0.3, 0.4) is 0 Å². The highest BCUT2D eigenvalue weighted by atomic mass is 19.2. The standard InChI is InChI=1S/C14H14F3NO2/c1-8(19)5-10-3-2-4-18(10)14(20)9-6-11(15)13(17)12(16)7-9/h6-7,10H,2-5H2,1H3. The average molecular weight is 285 g/mol. The molecular formula is C14H14F3NO2. The Balaban J connectivity index is 2.24. The lowest BCUT2D eigenvalue weighted by Gasteiger charge is -2.24. The van der Waals surface area contributed by atoms with Crippen molar-refractivity contribution in [3.63, 3.8) is 0 Å². The Labute approximate surface area is 114 Å². The van der Waals surface area contributed by atoms with Crippen LogP contribution in [0.5, 0.6) is 0 Å². The van der Waals surface area contributed by atoms with Gasteiger partial charge in [0.1, 0.15) is 5.78 Å². The summed E-state index contributed by atoms with van der Waals surface area (Å²) in [4.78, 5) is 24.8. The van der Waals surface area contributed by atoms with Crippen molar-refractivity contribution in [3.05, 3.63) is 35.1 Å². The first-order valence-electron chi connectivity index (χ1n) is 6.35. The van der Waals surface area contributed by atoms with Gasteiger partial charge in [-0.05, 0) is 31.9 Å². The van der Waals surface area contributed by atoms with Gasteiger partial charge in [0, 0.05) is 24.6 Å². The molecule has 108 valence electrons. The molecule has 0 saturated carbocycles. The largest absolute Gasteiger partial charge is 0.335 e. The zero-order chi connectivity index (χ0) is 14.9. The van der Waals surface area contributed by atoms with Gasteiger partial charge in [0.25, 0.3) is 5.91 Å². The van der Waals surface area contributed by atoms with E-state index in [1.54, 1.807) is 0 Å². The number of likely N-dealkylation sites (tertiary alicyclic amines) is 1. The van der Waals surface area contributed by atoms with Crippen molar-refractivity contribution >= 4 is 11.7 Å². The van der Waals surface area contributed by atoms with Crippen LogP contribution in [0.1, 0.15) is 36.5 Å². The first-order chi connectivity index (χ1) is 9.40. The van der Waals surface area contributed by atoms with Gasteiger partial charge < -0.3 is 4.90 Å². The van der Waals surface area contributed by atoms with E-state index in [-0.39, 0.29) is 23.8 Å². The number of halogens is 3. The van der Waals surface area contributed by atoms with Crippen LogP contribution in [0, 0.1) is 17.5 Å². The van der Waals surface area contributed by atoms with Gasteiger partial charge in [0.2, 0.25) is 0 Å². The van der Waals surface area contributed by atoms with Crippen molar-refractivity contribution in [1.82, 2.24) is 4.90 Å². The van der Waals surface area contributed by atoms with Gasteiger partial charge in [-0.3, -0.25) is 9.59 Å². The van der Waals surface area contributed by atoms with Gasteiger partial charge in [-0.2, -0.15) is 0 Å². The van der Waals surface area contributed by atoms with Gasteiger partial charge in [0.05, 0.1) is 0 Å². The van der Waals surface area contributed by atoms with E-state index in [0.717, 1.165) is 6.42 Å². The normalized spacial score (nSPS) is 18.4. The minimum Gasteiger partial charge on any atom is -0.335 e. The molecule has 1 saturated heterocycles. The molecule has 20 heavy (non-hydrogen) atoms. The third kappa shape index (κ3) is 2.84. The SMILES string of the molecule is CC(=O)CC1CCCN1C(=O)c1cc(F)c(F)c(F)c1. The second-order valence-electron chi connectivity index (χ2n) is 4.95. The lowest BCUT2D eigenvalue weighted by molar-refractivity contribution is -0.117. The molecular weight excluding hydrogens is 271 g/mol. The summed E-state index contributed by atoms with van der Waals surface area (Å²) in [5.74, 6) is -5.01. The monoisotopic (exact) mass is 285 g/mol. The maximum Gasteiger partial charge on any atom is 0.254 e. The van der Waals surface area contributed by atoms with Crippen LogP contribution in [-0.2, 0) is 4.79 Å². The fourth-order valence-corrected chi connectivity index (χ4v) is 2.49. The number of Topliss-reactive ketones (excluding diaryl/α,β-unsaturated/α-hetero) is 1. The number of ketones is 1. The second kappa shape index (κ2) is 5.64. The van der Waals surface area contributed by atoms with Gasteiger partial charge in [-0.15, -0.1) is 0 Å². The van der Waals surface area contributed by atoms with E-state index in [2.05, 4.69) is 0 Å². The molecule has 3 nitrogen and oxygen atoms in total. The molecule has 1 aliphatic rings. The fraction of sp³-hybridized carbons (Fsp3) is 0.429. The summed E-state index contributed by atoms with van der Waals surface area (Å²) in [6.45, 7) is 1.86. The van der Waals surface area contributed by atoms with E-state index in [1.807, 2.05) is 0 Å². The molecule has 0 aliphatic carbocycles. The Hall–Kier alpha value is -1.85. The number of amides is 1. The highest BCUT2D eigenvalue weighted by Gasteiger charge is 2.31. The molecule has 1 unspecified atom stereocenters. The van der Waals surface area contributed by atoms with E-state index in [4.69, 9.17) is 0 Å². The predicted molar refractivity (Wildman–Crippen MR) is 65.7 cm³/mol. The second-order valence-corrected chi connectivity index (χ2v) is 4.95. The number of hydrogen-bond acceptors (Lipinski definition) is 2. The van der Waals surface area contributed by atoms with Crippen LogP contribution in [0.25, 0.3) is 0 Å². The van der Waals surface area contributed by atoms with E-state index in [1.165, 1.54) is 11.8 Å². The van der Waals surface area contributed by atoms with Gasteiger partial charge in [-0.1, -0.05) is 0 Å². The summed E-state index contributed by atoms with van der Waals surface area (Å²) in [6.07, 6.45) is 1.63. The molecule has 1 aromatic carbocycles. The Morgan fingerprint density at radius 2 is 1.85 bits per heavy atom. The Morgan fingerprint density at radius 3 is 2.40 bits per heavy atom. The molecule has 1 aromatic rings. The number of rotatable bonds is 3.